The zero-order chi connectivity index (χ0) is 10.3. The summed E-state index contributed by atoms with van der Waals surface area (Å²) in [6.45, 7) is 8.39. The largest absolute Gasteiger partial charge is 0.258 e. The summed E-state index contributed by atoms with van der Waals surface area (Å²) in [5.74, 6) is 2.47. The number of hydrogen-bond acceptors (Lipinski definition) is 1. The van der Waals surface area contributed by atoms with Crippen LogP contribution < -0.4 is 0 Å². The van der Waals surface area contributed by atoms with Crippen LogP contribution in [0, 0.1) is 5.41 Å². The standard InChI is InChI=1S/C12H19N/c1-5-6-7-12(9-13)8-11(4)10(2)3/h6-7,13H,5,8H2,1-4H3/b7-6-. The molecule has 0 bridgehead atoms. The molecular formula is C12H19N. The van der Waals surface area contributed by atoms with Crippen LogP contribution in [-0.4, -0.2) is 5.87 Å². The Kier molecular flexibility index (Phi) is 5.92. The summed E-state index contributed by atoms with van der Waals surface area (Å²) in [6, 6.07) is 0. The molecule has 0 amide bonds. The van der Waals surface area contributed by atoms with E-state index in [1.165, 1.54) is 11.1 Å². The van der Waals surface area contributed by atoms with Crippen molar-refractivity contribution in [1.82, 2.24) is 0 Å². The maximum Gasteiger partial charge on any atom is 0.0166 e. The van der Waals surface area contributed by atoms with Gasteiger partial charge in [0.05, 0.1) is 0 Å². The van der Waals surface area contributed by atoms with E-state index in [4.69, 9.17) is 5.41 Å². The van der Waals surface area contributed by atoms with Crippen LogP contribution in [0.1, 0.15) is 40.5 Å². The van der Waals surface area contributed by atoms with E-state index in [9.17, 15) is 0 Å². The molecule has 0 spiro atoms. The van der Waals surface area contributed by atoms with Gasteiger partial charge >= 0.3 is 0 Å². The van der Waals surface area contributed by atoms with E-state index in [2.05, 4.69) is 39.6 Å². The van der Waals surface area contributed by atoms with Crippen LogP contribution in [0.2, 0.25) is 0 Å². The predicted octanol–water partition coefficient (Wildman–Crippen LogP) is 3.87. The smallest absolute Gasteiger partial charge is 0.0166 e. The highest BCUT2D eigenvalue weighted by atomic mass is 14.3. The van der Waals surface area contributed by atoms with E-state index in [-0.39, 0.29) is 0 Å². The number of allylic oxidation sites excluding steroid dienone is 5. The summed E-state index contributed by atoms with van der Waals surface area (Å²) in [5.41, 5.74) is 3.62. The molecule has 0 fully saturated rings. The molecule has 0 atom stereocenters. The van der Waals surface area contributed by atoms with E-state index >= 15 is 0 Å². The Morgan fingerprint density at radius 2 is 1.92 bits per heavy atom. The van der Waals surface area contributed by atoms with Crippen LogP contribution >= 0.6 is 0 Å². The molecule has 0 unspecified atom stereocenters. The van der Waals surface area contributed by atoms with Gasteiger partial charge in [0, 0.05) is 12.0 Å². The topological polar surface area (TPSA) is 23.9 Å². The fraction of sp³-hybridized carbons (Fsp3) is 0.500. The molecule has 1 nitrogen and oxygen atoms in total. The Balaban J connectivity index is 4.42. The Labute approximate surface area is 81.4 Å². The van der Waals surface area contributed by atoms with Crippen LogP contribution in [0.25, 0.3) is 0 Å². The second-order valence-corrected chi connectivity index (χ2v) is 3.42. The van der Waals surface area contributed by atoms with E-state index in [0.717, 1.165) is 18.4 Å². The van der Waals surface area contributed by atoms with Crippen molar-refractivity contribution in [3.63, 3.8) is 0 Å². The lowest BCUT2D eigenvalue weighted by atomic mass is 10.0. The van der Waals surface area contributed by atoms with Crippen LogP contribution in [0.15, 0.2) is 28.9 Å². The highest BCUT2D eigenvalue weighted by Gasteiger charge is 1.95. The van der Waals surface area contributed by atoms with Crippen LogP contribution in [0.4, 0.5) is 0 Å². The van der Waals surface area contributed by atoms with Crippen molar-refractivity contribution in [3.8, 4) is 0 Å². The Morgan fingerprint density at radius 3 is 2.31 bits per heavy atom. The van der Waals surface area contributed by atoms with Gasteiger partial charge in [-0.1, -0.05) is 30.2 Å². The quantitative estimate of drug-likeness (QED) is 0.383. The minimum Gasteiger partial charge on any atom is -0.258 e. The van der Waals surface area contributed by atoms with Crippen molar-refractivity contribution in [2.75, 3.05) is 0 Å². The summed E-state index contributed by atoms with van der Waals surface area (Å²) in [5, 5.41) is 7.11. The molecule has 0 saturated heterocycles. The summed E-state index contributed by atoms with van der Waals surface area (Å²) in [7, 11) is 0. The van der Waals surface area contributed by atoms with E-state index < -0.39 is 0 Å². The molecule has 0 saturated carbocycles. The van der Waals surface area contributed by atoms with E-state index in [1.807, 2.05) is 6.08 Å². The first kappa shape index (κ1) is 11.9. The summed E-state index contributed by atoms with van der Waals surface area (Å²) in [6.07, 6.45) is 5.91. The van der Waals surface area contributed by atoms with E-state index in [1.54, 1.807) is 0 Å². The average molecular weight is 177 g/mol. The molecular weight excluding hydrogens is 158 g/mol. The van der Waals surface area contributed by atoms with Gasteiger partial charge in [0.25, 0.3) is 0 Å². The van der Waals surface area contributed by atoms with Gasteiger partial charge in [-0.25, -0.2) is 0 Å². The van der Waals surface area contributed by atoms with Gasteiger partial charge in [-0.2, -0.15) is 0 Å². The normalized spacial score (nSPS) is 9.85. The van der Waals surface area contributed by atoms with Gasteiger partial charge in [-0.3, -0.25) is 5.41 Å². The molecule has 0 aromatic heterocycles. The van der Waals surface area contributed by atoms with Crippen LogP contribution in [0.3, 0.4) is 0 Å². The lowest BCUT2D eigenvalue weighted by Gasteiger charge is -2.02. The third-order valence-electron chi connectivity index (χ3n) is 2.02. The maximum absolute atomic E-state index is 7.11. The van der Waals surface area contributed by atoms with Crippen molar-refractivity contribution >= 4 is 5.87 Å². The zero-order valence-corrected chi connectivity index (χ0v) is 9.07. The van der Waals surface area contributed by atoms with Gasteiger partial charge in [-0.15, -0.1) is 0 Å². The molecule has 0 aliphatic heterocycles. The molecule has 0 heterocycles. The highest BCUT2D eigenvalue weighted by Crippen LogP contribution is 2.13. The first-order valence-electron chi connectivity index (χ1n) is 4.69. The molecule has 0 aliphatic carbocycles. The Hall–Kier alpha value is -1.07. The fourth-order valence-electron chi connectivity index (χ4n) is 0.867. The zero-order valence-electron chi connectivity index (χ0n) is 9.07. The first-order chi connectivity index (χ1) is 6.11. The minimum absolute atomic E-state index is 0.850. The molecule has 72 valence electrons. The highest BCUT2D eigenvalue weighted by molar-refractivity contribution is 5.60. The number of hydrogen-bond donors (Lipinski definition) is 1. The van der Waals surface area contributed by atoms with Crippen molar-refractivity contribution in [2.45, 2.75) is 40.5 Å². The summed E-state index contributed by atoms with van der Waals surface area (Å²) >= 11 is 0. The van der Waals surface area contributed by atoms with Crippen LogP contribution in [0.5, 0.6) is 0 Å². The molecule has 0 aromatic carbocycles. The number of rotatable bonds is 4. The van der Waals surface area contributed by atoms with Gasteiger partial charge in [0.15, 0.2) is 0 Å². The molecule has 13 heavy (non-hydrogen) atoms. The lowest BCUT2D eigenvalue weighted by Crippen LogP contribution is -1.85. The molecule has 0 aliphatic rings. The maximum atomic E-state index is 7.11. The van der Waals surface area contributed by atoms with Crippen LogP contribution in [-0.2, 0) is 0 Å². The van der Waals surface area contributed by atoms with Crippen molar-refractivity contribution < 1.29 is 0 Å². The van der Waals surface area contributed by atoms with Gasteiger partial charge in [0.2, 0.25) is 0 Å². The molecule has 1 heteroatoms. The second-order valence-electron chi connectivity index (χ2n) is 3.42. The number of nitrogens with one attached hydrogen (secondary N) is 1. The summed E-state index contributed by atoms with van der Waals surface area (Å²) in [4.78, 5) is 0. The third-order valence-corrected chi connectivity index (χ3v) is 2.02. The third kappa shape index (κ3) is 5.21. The second kappa shape index (κ2) is 6.45. The van der Waals surface area contributed by atoms with Crippen molar-refractivity contribution in [1.29, 1.82) is 5.41 Å². The SMILES string of the molecule is CC/C=C\C(=C=N)CC(C)=C(C)C. The van der Waals surface area contributed by atoms with Gasteiger partial charge < -0.3 is 0 Å². The first-order valence-corrected chi connectivity index (χ1v) is 4.69. The Bertz CT molecular complexity index is 259. The van der Waals surface area contributed by atoms with Crippen molar-refractivity contribution in [2.24, 2.45) is 0 Å². The monoisotopic (exact) mass is 177 g/mol. The minimum atomic E-state index is 0.850. The Morgan fingerprint density at radius 1 is 1.31 bits per heavy atom. The molecule has 1 N–H and O–H groups in total. The summed E-state index contributed by atoms with van der Waals surface area (Å²) < 4.78 is 0. The predicted molar refractivity (Wildman–Crippen MR) is 59.3 cm³/mol. The fourth-order valence-corrected chi connectivity index (χ4v) is 0.867. The average Bonchev–Trinajstić information content (AvgIpc) is 2.11. The van der Waals surface area contributed by atoms with Gasteiger partial charge in [-0.05, 0) is 33.1 Å². The molecule has 0 radical (unpaired) electrons. The van der Waals surface area contributed by atoms with E-state index in [0.29, 0.717) is 0 Å². The van der Waals surface area contributed by atoms with Crippen molar-refractivity contribution in [3.05, 3.63) is 28.9 Å². The molecule has 0 rings (SSSR count). The lowest BCUT2D eigenvalue weighted by molar-refractivity contribution is 1.10. The van der Waals surface area contributed by atoms with Gasteiger partial charge in [0.1, 0.15) is 0 Å². The molecule has 0 aromatic rings.